The molecule has 4 aromatic carbocycles. The summed E-state index contributed by atoms with van der Waals surface area (Å²) >= 11 is 0. The highest BCUT2D eigenvalue weighted by Crippen LogP contribution is 2.30. The van der Waals surface area contributed by atoms with Gasteiger partial charge in [-0.3, -0.25) is 4.79 Å². The SMILES string of the molecule is Cc1cc(C)c(S(=O)N(C)CC(=O)N(Cc2ccco2)c2ccc(C(=O)OCc3ccccc3)c(OCc3ccccc3)c2)c(C)c1. The number of nitrogens with zero attached hydrogens (tertiary/aromatic N) is 2. The first kappa shape index (κ1) is 33.4. The van der Waals surface area contributed by atoms with Gasteiger partial charge in [0.15, 0.2) is 0 Å². The second-order valence-corrected chi connectivity index (χ2v) is 12.9. The molecule has 1 unspecified atom stereocenters. The molecular formula is C38H38N2O6S. The minimum absolute atomic E-state index is 0.103. The van der Waals surface area contributed by atoms with Gasteiger partial charge in [0, 0.05) is 18.8 Å². The summed E-state index contributed by atoms with van der Waals surface area (Å²) in [7, 11) is 0.0927. The van der Waals surface area contributed by atoms with Gasteiger partial charge >= 0.3 is 5.97 Å². The minimum atomic E-state index is -1.57. The van der Waals surface area contributed by atoms with Gasteiger partial charge in [0.2, 0.25) is 5.91 Å². The molecule has 1 atom stereocenters. The molecule has 0 saturated carbocycles. The molecule has 242 valence electrons. The number of amides is 1. The second-order valence-electron chi connectivity index (χ2n) is 11.3. The molecule has 9 heteroatoms. The molecule has 5 rings (SSSR count). The fourth-order valence-corrected chi connectivity index (χ4v) is 6.53. The molecule has 0 aliphatic rings. The Bertz CT molecular complexity index is 1820. The van der Waals surface area contributed by atoms with Crippen molar-refractivity contribution in [2.75, 3.05) is 18.5 Å². The van der Waals surface area contributed by atoms with Crippen molar-refractivity contribution in [1.82, 2.24) is 4.31 Å². The van der Waals surface area contributed by atoms with Crippen LogP contribution in [0.2, 0.25) is 0 Å². The maximum atomic E-state index is 14.0. The van der Waals surface area contributed by atoms with Crippen LogP contribution < -0.4 is 9.64 Å². The van der Waals surface area contributed by atoms with E-state index in [9.17, 15) is 13.8 Å². The topological polar surface area (TPSA) is 89.3 Å². The Labute approximate surface area is 278 Å². The third-order valence-corrected chi connectivity index (χ3v) is 9.25. The van der Waals surface area contributed by atoms with E-state index in [2.05, 4.69) is 0 Å². The fourth-order valence-electron chi connectivity index (χ4n) is 5.32. The van der Waals surface area contributed by atoms with Crippen LogP contribution in [0.15, 0.2) is 119 Å². The second kappa shape index (κ2) is 15.5. The molecular weight excluding hydrogens is 612 g/mol. The highest BCUT2D eigenvalue weighted by atomic mass is 32.2. The zero-order valence-electron chi connectivity index (χ0n) is 27.0. The molecule has 8 nitrogen and oxygen atoms in total. The van der Waals surface area contributed by atoms with Crippen LogP contribution in [0, 0.1) is 20.8 Å². The van der Waals surface area contributed by atoms with Crippen molar-refractivity contribution in [3.8, 4) is 5.75 Å². The van der Waals surface area contributed by atoms with E-state index in [4.69, 9.17) is 13.9 Å². The molecule has 0 saturated heterocycles. The summed E-state index contributed by atoms with van der Waals surface area (Å²) < 4.78 is 32.6. The summed E-state index contributed by atoms with van der Waals surface area (Å²) in [5.74, 6) is -0.0330. The zero-order chi connectivity index (χ0) is 33.3. The molecule has 0 bridgehead atoms. The summed E-state index contributed by atoms with van der Waals surface area (Å²) in [6.07, 6.45) is 1.54. The Morgan fingerprint density at radius 3 is 2.04 bits per heavy atom. The van der Waals surface area contributed by atoms with Crippen LogP contribution in [0.3, 0.4) is 0 Å². The number of carbonyl (C=O) groups is 2. The van der Waals surface area contributed by atoms with E-state index >= 15 is 0 Å². The normalized spacial score (nSPS) is 11.7. The van der Waals surface area contributed by atoms with Gasteiger partial charge in [-0.2, -0.15) is 0 Å². The van der Waals surface area contributed by atoms with Crippen LogP contribution >= 0.6 is 0 Å². The zero-order valence-corrected chi connectivity index (χ0v) is 27.8. The molecule has 47 heavy (non-hydrogen) atoms. The van der Waals surface area contributed by atoms with Crippen molar-refractivity contribution in [3.63, 3.8) is 0 Å². The van der Waals surface area contributed by atoms with Crippen LogP contribution in [-0.2, 0) is 40.3 Å². The molecule has 1 aromatic heterocycles. The number of ether oxygens (including phenoxy) is 2. The van der Waals surface area contributed by atoms with Crippen molar-refractivity contribution >= 4 is 28.5 Å². The first-order chi connectivity index (χ1) is 22.7. The van der Waals surface area contributed by atoms with Gasteiger partial charge in [-0.15, -0.1) is 0 Å². The summed E-state index contributed by atoms with van der Waals surface area (Å²) in [4.78, 5) is 29.5. The average Bonchev–Trinajstić information content (AvgIpc) is 3.59. The molecule has 0 fully saturated rings. The Morgan fingerprint density at radius 1 is 0.787 bits per heavy atom. The Balaban J connectivity index is 1.43. The van der Waals surface area contributed by atoms with E-state index < -0.39 is 17.0 Å². The standard InChI is InChI=1S/C38H38N2O6S/c1-27-20-28(2)37(29(3)21-27)47(43)39(4)24-36(41)40(23-33-16-11-19-44-33)32-17-18-34(38(42)46-26-31-14-9-6-10-15-31)35(22-32)45-25-30-12-7-5-8-13-30/h5-22H,23-26H2,1-4H3. The quantitative estimate of drug-likeness (QED) is 0.124. The first-order valence-electron chi connectivity index (χ1n) is 15.2. The van der Waals surface area contributed by atoms with Crippen LogP contribution in [0.4, 0.5) is 5.69 Å². The number of anilines is 1. The predicted molar refractivity (Wildman–Crippen MR) is 182 cm³/mol. The van der Waals surface area contributed by atoms with E-state index in [0.717, 1.165) is 27.8 Å². The molecule has 1 heterocycles. The molecule has 0 aliphatic heterocycles. The lowest BCUT2D eigenvalue weighted by molar-refractivity contribution is -0.118. The Kier molecular flexibility index (Phi) is 11.0. The Morgan fingerprint density at radius 2 is 1.43 bits per heavy atom. The van der Waals surface area contributed by atoms with Gasteiger partial charge < -0.3 is 18.8 Å². The highest BCUT2D eigenvalue weighted by molar-refractivity contribution is 7.82. The number of furan rings is 1. The number of rotatable bonds is 13. The van der Waals surface area contributed by atoms with Crippen molar-refractivity contribution in [2.24, 2.45) is 0 Å². The molecule has 0 aliphatic carbocycles. The van der Waals surface area contributed by atoms with Gasteiger partial charge in [0.1, 0.15) is 41.3 Å². The van der Waals surface area contributed by atoms with E-state index in [1.165, 1.54) is 9.21 Å². The average molecular weight is 651 g/mol. The number of hydrogen-bond acceptors (Lipinski definition) is 6. The third-order valence-electron chi connectivity index (χ3n) is 7.56. The van der Waals surface area contributed by atoms with E-state index in [-0.39, 0.29) is 43.5 Å². The first-order valence-corrected chi connectivity index (χ1v) is 16.4. The van der Waals surface area contributed by atoms with Gasteiger partial charge in [0.05, 0.1) is 24.2 Å². The van der Waals surface area contributed by atoms with Crippen molar-refractivity contribution in [3.05, 3.63) is 149 Å². The number of hydrogen-bond donors (Lipinski definition) is 0. The van der Waals surface area contributed by atoms with Crippen molar-refractivity contribution in [2.45, 2.75) is 45.4 Å². The number of benzene rings is 4. The predicted octanol–water partition coefficient (Wildman–Crippen LogP) is 7.33. The Hall–Kier alpha value is -4.99. The molecule has 0 spiro atoms. The fraction of sp³-hybridized carbons (Fsp3) is 0.211. The summed E-state index contributed by atoms with van der Waals surface area (Å²) in [5.41, 5.74) is 5.38. The number of likely N-dealkylation sites (N-methyl/N-ethyl adjacent to an activating group) is 1. The lowest BCUT2D eigenvalue weighted by atomic mass is 10.1. The largest absolute Gasteiger partial charge is 0.488 e. The van der Waals surface area contributed by atoms with Crippen molar-refractivity contribution in [1.29, 1.82) is 0 Å². The minimum Gasteiger partial charge on any atom is -0.488 e. The third kappa shape index (κ3) is 8.64. The van der Waals surface area contributed by atoms with E-state index in [1.54, 1.807) is 43.6 Å². The van der Waals surface area contributed by atoms with E-state index in [1.807, 2.05) is 93.6 Å². The number of aryl methyl sites for hydroxylation is 3. The molecule has 0 N–H and O–H groups in total. The lowest BCUT2D eigenvalue weighted by Crippen LogP contribution is -2.39. The number of carbonyl (C=O) groups excluding carboxylic acids is 2. The van der Waals surface area contributed by atoms with Gasteiger partial charge in [-0.05, 0) is 67.3 Å². The monoisotopic (exact) mass is 650 g/mol. The summed E-state index contributed by atoms with van der Waals surface area (Å²) in [6.45, 7) is 6.13. The molecule has 1 amide bonds. The maximum Gasteiger partial charge on any atom is 0.342 e. The maximum absolute atomic E-state index is 14.0. The van der Waals surface area contributed by atoms with Crippen molar-refractivity contribution < 1.29 is 27.7 Å². The lowest BCUT2D eigenvalue weighted by Gasteiger charge is -2.26. The van der Waals surface area contributed by atoms with Crippen LogP contribution in [0.25, 0.3) is 0 Å². The van der Waals surface area contributed by atoms with Gasteiger partial charge in [-0.25, -0.2) is 13.3 Å². The molecule has 0 radical (unpaired) electrons. The van der Waals surface area contributed by atoms with Gasteiger partial charge in [-0.1, -0.05) is 78.4 Å². The van der Waals surface area contributed by atoms with Gasteiger partial charge in [0.25, 0.3) is 0 Å². The van der Waals surface area contributed by atoms with E-state index in [0.29, 0.717) is 16.3 Å². The highest BCUT2D eigenvalue weighted by Gasteiger charge is 2.25. The molecule has 5 aromatic rings. The number of esters is 1. The smallest absolute Gasteiger partial charge is 0.342 e. The summed E-state index contributed by atoms with van der Waals surface area (Å²) in [6, 6.07) is 31.5. The van der Waals surface area contributed by atoms with Crippen LogP contribution in [-0.4, -0.2) is 34.0 Å². The van der Waals surface area contributed by atoms with Crippen LogP contribution in [0.1, 0.15) is 43.9 Å². The summed E-state index contributed by atoms with van der Waals surface area (Å²) in [5, 5.41) is 0. The van der Waals surface area contributed by atoms with Crippen LogP contribution in [0.5, 0.6) is 5.75 Å².